The summed E-state index contributed by atoms with van der Waals surface area (Å²) >= 11 is 0. The topological polar surface area (TPSA) is 58.4 Å². The fraction of sp³-hybridized carbons (Fsp3) is 0.933. The molecule has 0 aromatic carbocycles. The van der Waals surface area contributed by atoms with Crippen molar-refractivity contribution in [3.63, 3.8) is 0 Å². The van der Waals surface area contributed by atoms with Crippen LogP contribution in [-0.2, 0) is 4.79 Å². The van der Waals surface area contributed by atoms with Crippen LogP contribution in [-0.4, -0.2) is 42.5 Å². The van der Waals surface area contributed by atoms with E-state index in [2.05, 4.69) is 31.0 Å². The lowest BCUT2D eigenvalue weighted by molar-refractivity contribution is -0.121. The summed E-state index contributed by atoms with van der Waals surface area (Å²) in [6.07, 6.45) is 5.21. The molecule has 1 heterocycles. The Morgan fingerprint density at radius 2 is 2.05 bits per heavy atom. The first kappa shape index (κ1) is 23.2. The number of nitrogens with two attached hydrogens (primary N) is 1. The summed E-state index contributed by atoms with van der Waals surface area (Å²) < 4.78 is 0. The first-order chi connectivity index (χ1) is 8.99. The Hall–Kier alpha value is -0.0300. The van der Waals surface area contributed by atoms with Crippen LogP contribution < -0.4 is 11.1 Å². The molecule has 0 aromatic rings. The number of piperidine rings is 1. The van der Waals surface area contributed by atoms with E-state index in [-0.39, 0.29) is 36.3 Å². The van der Waals surface area contributed by atoms with Crippen molar-refractivity contribution in [1.82, 2.24) is 10.2 Å². The maximum Gasteiger partial charge on any atom is 0.220 e. The molecule has 1 aliphatic heterocycles. The van der Waals surface area contributed by atoms with Gasteiger partial charge in [0.1, 0.15) is 0 Å². The summed E-state index contributed by atoms with van der Waals surface area (Å²) in [4.78, 5) is 14.2. The average molecular weight is 342 g/mol. The van der Waals surface area contributed by atoms with Crippen molar-refractivity contribution in [3.8, 4) is 0 Å². The summed E-state index contributed by atoms with van der Waals surface area (Å²) in [5, 5.41) is 3.05. The van der Waals surface area contributed by atoms with Gasteiger partial charge in [-0.3, -0.25) is 9.69 Å². The average Bonchev–Trinajstić information content (AvgIpc) is 2.43. The van der Waals surface area contributed by atoms with E-state index in [1.807, 2.05) is 0 Å². The number of carbonyl (C=O) groups excluding carboxylic acids is 1. The third-order valence-electron chi connectivity index (χ3n) is 4.28. The lowest BCUT2D eigenvalue weighted by atomic mass is 9.91. The second kappa shape index (κ2) is 11.5. The monoisotopic (exact) mass is 341 g/mol. The Labute approximate surface area is 142 Å². The third kappa shape index (κ3) is 8.24. The number of hydrogen-bond acceptors (Lipinski definition) is 3. The van der Waals surface area contributed by atoms with Crippen molar-refractivity contribution >= 4 is 30.7 Å². The number of likely N-dealkylation sites (tertiary alicyclic amines) is 1. The lowest BCUT2D eigenvalue weighted by Gasteiger charge is -2.43. The van der Waals surface area contributed by atoms with Crippen LogP contribution in [0.2, 0.25) is 0 Å². The van der Waals surface area contributed by atoms with Crippen LogP contribution in [0.25, 0.3) is 0 Å². The van der Waals surface area contributed by atoms with Crippen LogP contribution in [0.1, 0.15) is 52.9 Å². The minimum atomic E-state index is 0. The maximum atomic E-state index is 11.7. The molecule has 1 atom stereocenters. The number of nitrogens with one attached hydrogen (secondary N) is 1. The van der Waals surface area contributed by atoms with Gasteiger partial charge >= 0.3 is 0 Å². The lowest BCUT2D eigenvalue weighted by Crippen LogP contribution is -2.54. The van der Waals surface area contributed by atoms with Crippen molar-refractivity contribution in [3.05, 3.63) is 0 Å². The van der Waals surface area contributed by atoms with Crippen LogP contribution in [0.4, 0.5) is 0 Å². The predicted octanol–water partition coefficient (Wildman–Crippen LogP) is 2.59. The molecule has 4 nitrogen and oxygen atoms in total. The summed E-state index contributed by atoms with van der Waals surface area (Å²) in [5.41, 5.74) is 5.47. The Morgan fingerprint density at radius 1 is 1.38 bits per heavy atom. The van der Waals surface area contributed by atoms with E-state index >= 15 is 0 Å². The number of halogens is 2. The van der Waals surface area contributed by atoms with E-state index in [1.54, 1.807) is 0 Å². The van der Waals surface area contributed by atoms with Gasteiger partial charge in [-0.15, -0.1) is 24.8 Å². The Kier molecular flexibility index (Phi) is 12.8. The summed E-state index contributed by atoms with van der Waals surface area (Å²) in [5.74, 6) is 0.948. The Morgan fingerprint density at radius 3 is 2.62 bits per heavy atom. The van der Waals surface area contributed by atoms with Crippen LogP contribution >= 0.6 is 24.8 Å². The van der Waals surface area contributed by atoms with E-state index in [0.29, 0.717) is 13.0 Å². The molecule has 128 valence electrons. The largest absolute Gasteiger partial charge is 0.354 e. The van der Waals surface area contributed by atoms with Gasteiger partial charge < -0.3 is 11.1 Å². The van der Waals surface area contributed by atoms with Crippen LogP contribution in [0.15, 0.2) is 0 Å². The van der Waals surface area contributed by atoms with Gasteiger partial charge in [0.25, 0.3) is 0 Å². The van der Waals surface area contributed by atoms with Crippen LogP contribution in [0.3, 0.4) is 0 Å². The second-order valence-electron chi connectivity index (χ2n) is 6.34. The van der Waals surface area contributed by atoms with Crippen molar-refractivity contribution in [2.45, 2.75) is 58.4 Å². The van der Waals surface area contributed by atoms with Gasteiger partial charge in [0.05, 0.1) is 0 Å². The Balaban J connectivity index is 0. The molecule has 0 bridgehead atoms. The van der Waals surface area contributed by atoms with Gasteiger partial charge in [0.15, 0.2) is 0 Å². The first-order valence-corrected chi connectivity index (χ1v) is 7.71. The second-order valence-corrected chi connectivity index (χ2v) is 6.34. The molecule has 1 fully saturated rings. The molecule has 0 saturated carbocycles. The standard InChI is InChI=1S/C15H31N3O.2ClH/c1-4-13-7-6-10-18(11-13)15(2,3)12-17-14(19)8-5-9-16;;/h13H,4-12,16H2,1-3H3,(H,17,19);2*1H. The molecule has 21 heavy (non-hydrogen) atoms. The molecule has 1 aliphatic rings. The number of carbonyl (C=O) groups is 1. The zero-order chi connectivity index (χ0) is 14.3. The van der Waals surface area contributed by atoms with Gasteiger partial charge in [-0.1, -0.05) is 13.3 Å². The summed E-state index contributed by atoms with van der Waals surface area (Å²) in [7, 11) is 0. The molecule has 1 rings (SSSR count). The van der Waals surface area contributed by atoms with Crippen LogP contribution in [0, 0.1) is 5.92 Å². The minimum absolute atomic E-state index is 0. The number of nitrogens with zero attached hydrogens (tertiary/aromatic N) is 1. The van der Waals surface area contributed by atoms with Crippen molar-refractivity contribution in [1.29, 1.82) is 0 Å². The van der Waals surface area contributed by atoms with E-state index < -0.39 is 0 Å². The predicted molar refractivity (Wildman–Crippen MR) is 94.5 cm³/mol. The first-order valence-electron chi connectivity index (χ1n) is 7.71. The molecule has 6 heteroatoms. The molecular weight excluding hydrogens is 309 g/mol. The Bertz CT molecular complexity index is 288. The minimum Gasteiger partial charge on any atom is -0.354 e. The van der Waals surface area contributed by atoms with Crippen LogP contribution in [0.5, 0.6) is 0 Å². The number of amides is 1. The molecule has 3 N–H and O–H groups in total. The number of hydrogen-bond donors (Lipinski definition) is 2. The molecular formula is C15H33Cl2N3O. The molecule has 1 amide bonds. The van der Waals surface area contributed by atoms with Crippen molar-refractivity contribution < 1.29 is 4.79 Å². The molecule has 1 unspecified atom stereocenters. The fourth-order valence-corrected chi connectivity index (χ4v) is 2.73. The zero-order valence-electron chi connectivity index (χ0n) is 13.7. The molecule has 0 aliphatic carbocycles. The smallest absolute Gasteiger partial charge is 0.220 e. The van der Waals surface area contributed by atoms with E-state index in [1.165, 1.54) is 25.8 Å². The quantitative estimate of drug-likeness (QED) is 0.748. The van der Waals surface area contributed by atoms with Crippen molar-refractivity contribution in [2.75, 3.05) is 26.2 Å². The van der Waals surface area contributed by atoms with E-state index in [4.69, 9.17) is 5.73 Å². The summed E-state index contributed by atoms with van der Waals surface area (Å²) in [6.45, 7) is 10.4. The van der Waals surface area contributed by atoms with E-state index in [0.717, 1.165) is 25.4 Å². The zero-order valence-corrected chi connectivity index (χ0v) is 15.3. The molecule has 1 saturated heterocycles. The normalized spacial score (nSPS) is 19.3. The fourth-order valence-electron chi connectivity index (χ4n) is 2.73. The highest BCUT2D eigenvalue weighted by molar-refractivity contribution is 5.85. The molecule has 0 radical (unpaired) electrons. The van der Waals surface area contributed by atoms with E-state index in [9.17, 15) is 4.79 Å². The molecule has 0 spiro atoms. The SMILES string of the molecule is CCC1CCCN(C(C)(C)CNC(=O)CCCN)C1.Cl.Cl. The van der Waals surface area contributed by atoms with Gasteiger partial charge in [-0.25, -0.2) is 0 Å². The third-order valence-corrected chi connectivity index (χ3v) is 4.28. The van der Waals surface area contributed by atoms with Gasteiger partial charge in [0, 0.05) is 25.0 Å². The summed E-state index contributed by atoms with van der Waals surface area (Å²) in [6, 6.07) is 0. The van der Waals surface area contributed by atoms with Gasteiger partial charge in [-0.2, -0.15) is 0 Å². The number of rotatable bonds is 7. The van der Waals surface area contributed by atoms with Gasteiger partial charge in [-0.05, 0) is 52.1 Å². The van der Waals surface area contributed by atoms with Crippen molar-refractivity contribution in [2.24, 2.45) is 11.7 Å². The highest BCUT2D eigenvalue weighted by Crippen LogP contribution is 2.25. The molecule has 0 aromatic heterocycles. The highest BCUT2D eigenvalue weighted by Gasteiger charge is 2.30. The van der Waals surface area contributed by atoms with Gasteiger partial charge in [0.2, 0.25) is 5.91 Å². The highest BCUT2D eigenvalue weighted by atomic mass is 35.5. The maximum absolute atomic E-state index is 11.7.